The summed E-state index contributed by atoms with van der Waals surface area (Å²) in [7, 11) is 0. The van der Waals surface area contributed by atoms with E-state index in [-0.39, 0.29) is 11.1 Å². The summed E-state index contributed by atoms with van der Waals surface area (Å²) in [6.45, 7) is 2.72. The van der Waals surface area contributed by atoms with Crippen molar-refractivity contribution in [1.82, 2.24) is 14.9 Å². The zero-order chi connectivity index (χ0) is 16.7. The number of hydrogen-bond donors (Lipinski definition) is 1. The number of carbonyl (C=O) groups excluding carboxylic acids is 2. The van der Waals surface area contributed by atoms with Crippen LogP contribution in [-0.2, 0) is 11.3 Å². The molecule has 0 aliphatic carbocycles. The summed E-state index contributed by atoms with van der Waals surface area (Å²) in [4.78, 5) is 27.6. The monoisotopic (exact) mass is 337 g/mol. The Labute approximate surface area is 143 Å². The Morgan fingerprint density at radius 3 is 2.58 bits per heavy atom. The first-order valence-electron chi connectivity index (χ1n) is 7.64. The van der Waals surface area contributed by atoms with E-state index in [0.29, 0.717) is 0 Å². The van der Waals surface area contributed by atoms with E-state index in [0.717, 1.165) is 46.3 Å². The minimum Gasteiger partial charge on any atom is -0.324 e. The number of para-hydroxylation sites is 2. The maximum absolute atomic E-state index is 11.8. The standard InChI is InChI=1S/C18H15N3O2S/c1-11-19-14-4-2-3-5-15(14)21(11)10-12-6-8-13(9-7-12)16-17(22)20-18(23)24-16/h2-9,16H,10H2,1H3,(H,20,22,23). The number of rotatable bonds is 3. The molecule has 6 heteroatoms. The molecule has 3 aromatic rings. The molecule has 1 saturated heterocycles. The molecule has 0 spiro atoms. The number of carbonyl (C=O) groups is 2. The van der Waals surface area contributed by atoms with Crippen LogP contribution in [0.3, 0.4) is 0 Å². The van der Waals surface area contributed by atoms with Crippen molar-refractivity contribution >= 4 is 33.9 Å². The minimum absolute atomic E-state index is 0.241. The smallest absolute Gasteiger partial charge is 0.286 e. The van der Waals surface area contributed by atoms with E-state index in [1.54, 1.807) is 0 Å². The van der Waals surface area contributed by atoms with Gasteiger partial charge in [0.2, 0.25) is 5.91 Å². The first-order valence-corrected chi connectivity index (χ1v) is 8.52. The number of nitrogens with zero attached hydrogens (tertiary/aromatic N) is 2. The van der Waals surface area contributed by atoms with Gasteiger partial charge in [-0.25, -0.2) is 4.98 Å². The van der Waals surface area contributed by atoms with Crippen molar-refractivity contribution in [3.63, 3.8) is 0 Å². The summed E-state index contributed by atoms with van der Waals surface area (Å²) in [5.41, 5.74) is 4.07. The zero-order valence-corrected chi connectivity index (χ0v) is 13.8. The number of amides is 2. The lowest BCUT2D eigenvalue weighted by atomic mass is 10.1. The van der Waals surface area contributed by atoms with Crippen molar-refractivity contribution in [1.29, 1.82) is 0 Å². The van der Waals surface area contributed by atoms with Crippen molar-refractivity contribution in [3.8, 4) is 0 Å². The highest BCUT2D eigenvalue weighted by molar-refractivity contribution is 8.15. The molecule has 1 unspecified atom stereocenters. The van der Waals surface area contributed by atoms with E-state index < -0.39 is 5.25 Å². The molecule has 0 bridgehead atoms. The van der Waals surface area contributed by atoms with Gasteiger partial charge >= 0.3 is 0 Å². The minimum atomic E-state index is -0.442. The Morgan fingerprint density at radius 1 is 1.12 bits per heavy atom. The fourth-order valence-electron chi connectivity index (χ4n) is 2.95. The van der Waals surface area contributed by atoms with Gasteiger partial charge in [0.05, 0.1) is 11.0 Å². The molecule has 1 fully saturated rings. The van der Waals surface area contributed by atoms with Crippen molar-refractivity contribution in [2.75, 3.05) is 0 Å². The first-order chi connectivity index (χ1) is 11.6. The van der Waals surface area contributed by atoms with Crippen LogP contribution in [0.1, 0.15) is 22.2 Å². The Hall–Kier alpha value is -2.60. The van der Waals surface area contributed by atoms with Gasteiger partial charge < -0.3 is 4.57 Å². The number of fused-ring (bicyclic) bond motifs is 1. The number of imide groups is 1. The van der Waals surface area contributed by atoms with Crippen LogP contribution < -0.4 is 5.32 Å². The molecule has 24 heavy (non-hydrogen) atoms. The molecule has 5 nitrogen and oxygen atoms in total. The van der Waals surface area contributed by atoms with Crippen molar-refractivity contribution in [3.05, 3.63) is 65.5 Å². The molecular weight excluding hydrogens is 322 g/mol. The number of aromatic nitrogens is 2. The molecule has 1 aromatic heterocycles. The highest BCUT2D eigenvalue weighted by Gasteiger charge is 2.32. The number of hydrogen-bond acceptors (Lipinski definition) is 4. The maximum Gasteiger partial charge on any atom is 0.286 e. The van der Waals surface area contributed by atoms with Crippen molar-refractivity contribution in [2.45, 2.75) is 18.7 Å². The SMILES string of the molecule is Cc1nc2ccccc2n1Cc1ccc(C2SC(=O)NC2=O)cc1. The van der Waals surface area contributed by atoms with Crippen molar-refractivity contribution < 1.29 is 9.59 Å². The fourth-order valence-corrected chi connectivity index (χ4v) is 3.78. The summed E-state index contributed by atoms with van der Waals surface area (Å²) in [6.07, 6.45) is 0. The molecule has 1 aliphatic rings. The molecule has 1 aliphatic heterocycles. The highest BCUT2D eigenvalue weighted by Crippen LogP contribution is 2.34. The summed E-state index contributed by atoms with van der Waals surface area (Å²) < 4.78 is 2.17. The lowest BCUT2D eigenvalue weighted by molar-refractivity contribution is -0.119. The van der Waals surface area contributed by atoms with E-state index in [1.165, 1.54) is 0 Å². The zero-order valence-electron chi connectivity index (χ0n) is 13.0. The Balaban J connectivity index is 1.60. The molecule has 0 radical (unpaired) electrons. The van der Waals surface area contributed by atoms with E-state index >= 15 is 0 Å². The molecule has 2 amide bonds. The van der Waals surface area contributed by atoms with Crippen LogP contribution in [0.2, 0.25) is 0 Å². The second-order valence-corrected chi connectivity index (χ2v) is 6.83. The third-order valence-corrected chi connectivity index (χ3v) is 5.19. The molecular formula is C18H15N3O2S. The second kappa shape index (κ2) is 5.79. The van der Waals surface area contributed by atoms with E-state index in [1.807, 2.05) is 49.4 Å². The molecule has 1 N–H and O–H groups in total. The predicted molar refractivity (Wildman–Crippen MR) is 93.9 cm³/mol. The number of aryl methyl sites for hydroxylation is 1. The molecule has 120 valence electrons. The summed E-state index contributed by atoms with van der Waals surface area (Å²) in [6, 6.07) is 15.9. The normalized spacial score (nSPS) is 17.5. The van der Waals surface area contributed by atoms with Crippen LogP contribution in [0.15, 0.2) is 48.5 Å². The number of nitrogens with one attached hydrogen (secondary N) is 1. The molecule has 0 saturated carbocycles. The van der Waals surface area contributed by atoms with Crippen LogP contribution in [0.25, 0.3) is 11.0 Å². The van der Waals surface area contributed by atoms with Gasteiger partial charge in [0.15, 0.2) is 0 Å². The van der Waals surface area contributed by atoms with E-state index in [2.05, 4.69) is 20.9 Å². The van der Waals surface area contributed by atoms with Gasteiger partial charge in [-0.1, -0.05) is 36.4 Å². The predicted octanol–water partition coefficient (Wildman–Crippen LogP) is 3.42. The van der Waals surface area contributed by atoms with E-state index in [9.17, 15) is 9.59 Å². The molecule has 1 atom stereocenters. The van der Waals surface area contributed by atoms with Crippen LogP contribution in [0, 0.1) is 6.92 Å². The van der Waals surface area contributed by atoms with Crippen LogP contribution in [-0.4, -0.2) is 20.7 Å². The van der Waals surface area contributed by atoms with Gasteiger partial charge in [0.1, 0.15) is 11.1 Å². The third kappa shape index (κ3) is 2.59. The number of benzene rings is 2. The fraction of sp³-hybridized carbons (Fsp3) is 0.167. The summed E-state index contributed by atoms with van der Waals surface area (Å²) in [5.74, 6) is 0.728. The number of imidazole rings is 1. The van der Waals surface area contributed by atoms with E-state index in [4.69, 9.17) is 0 Å². The third-order valence-electron chi connectivity index (χ3n) is 4.16. The lowest BCUT2D eigenvalue weighted by Crippen LogP contribution is -2.20. The average molecular weight is 337 g/mol. The Bertz CT molecular complexity index is 947. The first kappa shape index (κ1) is 15.0. The summed E-state index contributed by atoms with van der Waals surface area (Å²) >= 11 is 1.03. The molecule has 2 heterocycles. The van der Waals surface area contributed by atoms with Gasteiger partial charge in [0, 0.05) is 6.54 Å². The quantitative estimate of drug-likeness (QED) is 0.795. The topological polar surface area (TPSA) is 64.0 Å². The van der Waals surface area contributed by atoms with Crippen LogP contribution in [0.4, 0.5) is 4.79 Å². The maximum atomic E-state index is 11.8. The van der Waals surface area contributed by atoms with Gasteiger partial charge in [-0.2, -0.15) is 0 Å². The van der Waals surface area contributed by atoms with Gasteiger partial charge in [-0.15, -0.1) is 0 Å². The van der Waals surface area contributed by atoms with Crippen LogP contribution >= 0.6 is 11.8 Å². The van der Waals surface area contributed by atoms with Crippen molar-refractivity contribution in [2.24, 2.45) is 0 Å². The van der Waals surface area contributed by atoms with Gasteiger partial charge in [0.25, 0.3) is 5.24 Å². The largest absolute Gasteiger partial charge is 0.324 e. The second-order valence-electron chi connectivity index (χ2n) is 5.75. The molecule has 4 rings (SSSR count). The van der Waals surface area contributed by atoms with Gasteiger partial charge in [-0.05, 0) is 41.9 Å². The van der Waals surface area contributed by atoms with Crippen LogP contribution in [0.5, 0.6) is 0 Å². The Morgan fingerprint density at radius 2 is 1.88 bits per heavy atom. The highest BCUT2D eigenvalue weighted by atomic mass is 32.2. The van der Waals surface area contributed by atoms with Gasteiger partial charge in [-0.3, -0.25) is 14.9 Å². The average Bonchev–Trinajstić information content (AvgIpc) is 3.07. The molecule has 2 aromatic carbocycles. The lowest BCUT2D eigenvalue weighted by Gasteiger charge is -2.10. The number of thioether (sulfide) groups is 1. The summed E-state index contributed by atoms with van der Waals surface area (Å²) in [5, 5.41) is 1.59. The Kier molecular flexibility index (Phi) is 3.61.